The van der Waals surface area contributed by atoms with E-state index in [4.69, 9.17) is 21.1 Å². The molecule has 0 unspecified atom stereocenters. The number of ether oxygens (including phenoxy) is 2. The third-order valence-corrected chi connectivity index (χ3v) is 5.14. The Labute approximate surface area is 173 Å². The van der Waals surface area contributed by atoms with Crippen molar-refractivity contribution in [3.05, 3.63) is 46.2 Å². The highest BCUT2D eigenvalue weighted by Crippen LogP contribution is 2.26. The van der Waals surface area contributed by atoms with E-state index >= 15 is 0 Å². The molecule has 2 aromatic rings. The Kier molecular flexibility index (Phi) is 8.84. The topological polar surface area (TPSA) is 53.3 Å². The number of esters is 1. The molecule has 28 heavy (non-hydrogen) atoms. The van der Waals surface area contributed by atoms with Crippen LogP contribution in [0.25, 0.3) is 0 Å². The van der Waals surface area contributed by atoms with Crippen LogP contribution >= 0.6 is 11.6 Å². The van der Waals surface area contributed by atoms with Crippen LogP contribution < -0.4 is 4.74 Å². The predicted molar refractivity (Wildman–Crippen MR) is 112 cm³/mol. The van der Waals surface area contributed by atoms with E-state index in [-0.39, 0.29) is 5.97 Å². The fourth-order valence-corrected chi connectivity index (χ4v) is 3.33. The van der Waals surface area contributed by atoms with Crippen LogP contribution in [0.3, 0.4) is 0 Å². The summed E-state index contributed by atoms with van der Waals surface area (Å²) in [6.45, 7) is 9.76. The molecule has 0 saturated carbocycles. The van der Waals surface area contributed by atoms with Crippen LogP contribution in [0.2, 0.25) is 5.02 Å². The summed E-state index contributed by atoms with van der Waals surface area (Å²) in [7, 11) is 0. The largest absolute Gasteiger partial charge is 0.493 e. The van der Waals surface area contributed by atoms with E-state index in [1.807, 2.05) is 22.9 Å². The lowest BCUT2D eigenvalue weighted by Gasteiger charge is -2.17. The number of nitrogens with zero attached hydrogens (tertiary/aromatic N) is 2. The van der Waals surface area contributed by atoms with Crippen molar-refractivity contribution in [2.45, 2.75) is 59.9 Å². The van der Waals surface area contributed by atoms with Gasteiger partial charge in [0.2, 0.25) is 0 Å². The first-order valence-corrected chi connectivity index (χ1v) is 10.5. The minimum atomic E-state index is -0.325. The summed E-state index contributed by atoms with van der Waals surface area (Å²) in [6, 6.07) is 5.66. The zero-order chi connectivity index (χ0) is 20.5. The SMILES string of the molecule is CCCc1c(C(=O)OCC)cnn1Cc1cc(Cl)ccc1OCC(CC)CC. The normalized spacial score (nSPS) is 11.1. The second-order valence-electron chi connectivity index (χ2n) is 6.88. The van der Waals surface area contributed by atoms with Crippen molar-refractivity contribution < 1.29 is 14.3 Å². The van der Waals surface area contributed by atoms with Gasteiger partial charge in [0.15, 0.2) is 0 Å². The predicted octanol–water partition coefficient (Wildman–Crippen LogP) is 5.53. The molecule has 2 rings (SSSR count). The standard InChI is InChI=1S/C22H31ClN2O3/c1-5-9-20-19(22(26)27-8-4)13-24-25(20)14-17-12-18(23)10-11-21(17)28-15-16(6-2)7-3/h10-13,16H,5-9,14-15H2,1-4H3. The molecule has 0 spiro atoms. The number of hydrogen-bond acceptors (Lipinski definition) is 4. The van der Waals surface area contributed by atoms with Crippen LogP contribution in [0.1, 0.15) is 68.6 Å². The Morgan fingerprint density at radius 3 is 2.61 bits per heavy atom. The monoisotopic (exact) mass is 406 g/mol. The van der Waals surface area contributed by atoms with Gasteiger partial charge in [-0.2, -0.15) is 5.10 Å². The van der Waals surface area contributed by atoms with Crippen LogP contribution in [0.4, 0.5) is 0 Å². The fraction of sp³-hybridized carbons (Fsp3) is 0.545. The Morgan fingerprint density at radius 1 is 1.21 bits per heavy atom. The Hall–Kier alpha value is -2.01. The third-order valence-electron chi connectivity index (χ3n) is 4.90. The van der Waals surface area contributed by atoms with Crippen LogP contribution in [-0.4, -0.2) is 29.0 Å². The Balaban J connectivity index is 2.29. The molecule has 0 atom stereocenters. The van der Waals surface area contributed by atoms with Gasteiger partial charge in [0.05, 0.1) is 31.6 Å². The van der Waals surface area contributed by atoms with Gasteiger partial charge >= 0.3 is 5.97 Å². The van der Waals surface area contributed by atoms with Gasteiger partial charge < -0.3 is 9.47 Å². The van der Waals surface area contributed by atoms with E-state index in [1.165, 1.54) is 0 Å². The van der Waals surface area contributed by atoms with Crippen LogP contribution in [0.5, 0.6) is 5.75 Å². The molecule has 0 amide bonds. The second kappa shape index (κ2) is 11.1. The number of rotatable bonds is 11. The molecule has 0 saturated heterocycles. The first-order chi connectivity index (χ1) is 13.5. The van der Waals surface area contributed by atoms with E-state index in [1.54, 1.807) is 13.1 Å². The van der Waals surface area contributed by atoms with Crippen molar-refractivity contribution in [1.29, 1.82) is 0 Å². The van der Waals surface area contributed by atoms with E-state index in [9.17, 15) is 4.79 Å². The average molecular weight is 407 g/mol. The first kappa shape index (κ1) is 22.3. The molecule has 0 aliphatic heterocycles. The second-order valence-corrected chi connectivity index (χ2v) is 7.32. The van der Waals surface area contributed by atoms with Crippen LogP contribution in [-0.2, 0) is 17.7 Å². The van der Waals surface area contributed by atoms with Gasteiger partial charge in [-0.05, 0) is 37.5 Å². The smallest absolute Gasteiger partial charge is 0.341 e. The summed E-state index contributed by atoms with van der Waals surface area (Å²) in [5, 5.41) is 5.10. The van der Waals surface area contributed by atoms with Crippen LogP contribution in [0, 0.1) is 5.92 Å². The van der Waals surface area contributed by atoms with E-state index < -0.39 is 0 Å². The van der Waals surface area contributed by atoms with Gasteiger partial charge in [0.1, 0.15) is 11.3 Å². The Morgan fingerprint density at radius 2 is 1.96 bits per heavy atom. The number of aromatic nitrogens is 2. The number of hydrogen-bond donors (Lipinski definition) is 0. The molecule has 154 valence electrons. The molecule has 1 heterocycles. The van der Waals surface area contributed by atoms with Crippen molar-refractivity contribution in [3.63, 3.8) is 0 Å². The quantitative estimate of drug-likeness (QED) is 0.460. The van der Waals surface area contributed by atoms with Gasteiger partial charge in [0.25, 0.3) is 0 Å². The zero-order valence-electron chi connectivity index (χ0n) is 17.3. The number of carbonyl (C=O) groups excluding carboxylic acids is 1. The minimum absolute atomic E-state index is 0.325. The first-order valence-electron chi connectivity index (χ1n) is 10.2. The van der Waals surface area contributed by atoms with Gasteiger partial charge in [-0.25, -0.2) is 4.79 Å². The molecule has 0 fully saturated rings. The summed E-state index contributed by atoms with van der Waals surface area (Å²) < 4.78 is 13.1. The van der Waals surface area contributed by atoms with Crippen molar-refractivity contribution in [2.75, 3.05) is 13.2 Å². The number of carbonyl (C=O) groups is 1. The molecule has 6 heteroatoms. The van der Waals surface area contributed by atoms with Gasteiger partial charge in [-0.1, -0.05) is 51.6 Å². The van der Waals surface area contributed by atoms with Gasteiger partial charge in [-0.3, -0.25) is 4.68 Å². The summed E-state index contributed by atoms with van der Waals surface area (Å²) in [6.07, 6.45) is 5.42. The highest BCUT2D eigenvalue weighted by atomic mass is 35.5. The molecule has 0 bridgehead atoms. The van der Waals surface area contributed by atoms with Gasteiger partial charge in [-0.15, -0.1) is 0 Å². The molecule has 1 aromatic heterocycles. The molecule has 0 N–H and O–H groups in total. The lowest BCUT2D eigenvalue weighted by Crippen LogP contribution is -2.14. The highest BCUT2D eigenvalue weighted by Gasteiger charge is 2.19. The summed E-state index contributed by atoms with van der Waals surface area (Å²) >= 11 is 6.24. The van der Waals surface area contributed by atoms with E-state index in [0.717, 1.165) is 42.7 Å². The van der Waals surface area contributed by atoms with Crippen molar-refractivity contribution in [3.8, 4) is 5.75 Å². The van der Waals surface area contributed by atoms with Gasteiger partial charge in [0, 0.05) is 10.6 Å². The molecule has 0 aliphatic carbocycles. The van der Waals surface area contributed by atoms with E-state index in [2.05, 4.69) is 25.9 Å². The minimum Gasteiger partial charge on any atom is -0.493 e. The lowest BCUT2D eigenvalue weighted by atomic mass is 10.1. The molecule has 5 nitrogen and oxygen atoms in total. The maximum absolute atomic E-state index is 12.2. The zero-order valence-corrected chi connectivity index (χ0v) is 18.1. The molecule has 0 radical (unpaired) electrons. The van der Waals surface area contributed by atoms with Crippen molar-refractivity contribution >= 4 is 17.6 Å². The fourth-order valence-electron chi connectivity index (χ4n) is 3.13. The third kappa shape index (κ3) is 5.74. The van der Waals surface area contributed by atoms with Crippen molar-refractivity contribution in [2.24, 2.45) is 5.92 Å². The number of halogens is 1. The highest BCUT2D eigenvalue weighted by molar-refractivity contribution is 6.30. The summed E-state index contributed by atoms with van der Waals surface area (Å²) in [5.74, 6) is 1.01. The number of benzene rings is 1. The maximum Gasteiger partial charge on any atom is 0.341 e. The molecular weight excluding hydrogens is 376 g/mol. The average Bonchev–Trinajstić information content (AvgIpc) is 3.07. The summed E-state index contributed by atoms with van der Waals surface area (Å²) in [4.78, 5) is 12.2. The molecule has 1 aromatic carbocycles. The molecular formula is C22H31ClN2O3. The van der Waals surface area contributed by atoms with Crippen molar-refractivity contribution in [1.82, 2.24) is 9.78 Å². The van der Waals surface area contributed by atoms with Crippen LogP contribution in [0.15, 0.2) is 24.4 Å². The maximum atomic E-state index is 12.2. The van der Waals surface area contributed by atoms with E-state index in [0.29, 0.717) is 36.3 Å². The Bertz CT molecular complexity index is 769. The molecule has 0 aliphatic rings. The lowest BCUT2D eigenvalue weighted by molar-refractivity contribution is 0.0525. The summed E-state index contributed by atoms with van der Waals surface area (Å²) in [5.41, 5.74) is 2.37.